The molecule has 1 aromatic heterocycles. The summed E-state index contributed by atoms with van der Waals surface area (Å²) in [7, 11) is 1.54. The molecule has 1 aromatic carbocycles. The van der Waals surface area contributed by atoms with Gasteiger partial charge in [0.05, 0.1) is 30.3 Å². The maximum atomic E-state index is 12.0. The van der Waals surface area contributed by atoms with Crippen LogP contribution >= 0.6 is 11.6 Å². The van der Waals surface area contributed by atoms with Gasteiger partial charge in [0.1, 0.15) is 5.75 Å². The second kappa shape index (κ2) is 6.42. The van der Waals surface area contributed by atoms with Crippen LogP contribution < -0.4 is 10.3 Å². The second-order valence-electron chi connectivity index (χ2n) is 4.36. The summed E-state index contributed by atoms with van der Waals surface area (Å²) in [4.78, 5) is 12.0. The zero-order valence-electron chi connectivity index (χ0n) is 11.8. The van der Waals surface area contributed by atoms with Crippen molar-refractivity contribution in [1.82, 2.24) is 9.78 Å². The summed E-state index contributed by atoms with van der Waals surface area (Å²) < 4.78 is 6.46. The van der Waals surface area contributed by atoms with Crippen LogP contribution in [0.2, 0.25) is 5.02 Å². The van der Waals surface area contributed by atoms with E-state index in [2.05, 4.69) is 5.10 Å². The first-order chi connectivity index (χ1) is 10.1. The molecule has 0 aliphatic heterocycles. The lowest BCUT2D eigenvalue weighted by atomic mass is 10.1. The van der Waals surface area contributed by atoms with Crippen molar-refractivity contribution >= 4 is 11.6 Å². The van der Waals surface area contributed by atoms with Crippen LogP contribution in [0.4, 0.5) is 0 Å². The number of hydrogen-bond acceptors (Lipinski definition) is 4. The number of hydrogen-bond donors (Lipinski definition) is 0. The number of nitrogens with zero attached hydrogens (tertiary/aromatic N) is 3. The lowest BCUT2D eigenvalue weighted by Crippen LogP contribution is -2.25. The highest BCUT2D eigenvalue weighted by atomic mass is 35.5. The molecule has 21 heavy (non-hydrogen) atoms. The van der Waals surface area contributed by atoms with Gasteiger partial charge in [0.15, 0.2) is 0 Å². The quantitative estimate of drug-likeness (QED) is 0.871. The Bertz CT molecular complexity index is 762. The van der Waals surface area contributed by atoms with E-state index in [1.807, 2.05) is 19.1 Å². The third kappa shape index (κ3) is 3.06. The molecule has 0 aliphatic rings. The van der Waals surface area contributed by atoms with Crippen LogP contribution in [0.15, 0.2) is 29.1 Å². The van der Waals surface area contributed by atoms with Gasteiger partial charge in [0.25, 0.3) is 5.56 Å². The molecule has 2 rings (SSSR count). The Kier molecular flexibility index (Phi) is 4.61. The molecule has 2 aromatic rings. The Balaban J connectivity index is 2.58. The van der Waals surface area contributed by atoms with Crippen molar-refractivity contribution in [2.24, 2.45) is 0 Å². The van der Waals surface area contributed by atoms with Crippen LogP contribution in [-0.4, -0.2) is 16.9 Å². The maximum Gasteiger partial charge on any atom is 0.271 e. The summed E-state index contributed by atoms with van der Waals surface area (Å²) in [6.45, 7) is 2.27. The van der Waals surface area contributed by atoms with Crippen molar-refractivity contribution in [2.45, 2.75) is 19.9 Å². The highest BCUT2D eigenvalue weighted by Gasteiger charge is 2.10. The van der Waals surface area contributed by atoms with Gasteiger partial charge in [-0.2, -0.15) is 10.4 Å². The van der Waals surface area contributed by atoms with Crippen LogP contribution in [0.25, 0.3) is 11.3 Å². The molecular formula is C15H14ClN3O2. The second-order valence-corrected chi connectivity index (χ2v) is 4.77. The normalized spacial score (nSPS) is 10.2. The highest BCUT2D eigenvalue weighted by Crippen LogP contribution is 2.29. The SMILES string of the molecule is CCn1nc(-c2ccc(OC)c(Cl)c2)cc(CC#N)c1=O. The average Bonchev–Trinajstić information content (AvgIpc) is 2.49. The van der Waals surface area contributed by atoms with Crippen LogP contribution in [0.5, 0.6) is 5.75 Å². The molecule has 0 amide bonds. The molecule has 0 atom stereocenters. The molecule has 0 bridgehead atoms. The lowest BCUT2D eigenvalue weighted by Gasteiger charge is -2.09. The van der Waals surface area contributed by atoms with Crippen molar-refractivity contribution < 1.29 is 4.74 Å². The largest absolute Gasteiger partial charge is 0.495 e. The number of aromatic nitrogens is 2. The summed E-state index contributed by atoms with van der Waals surface area (Å²) in [5.74, 6) is 0.571. The Morgan fingerprint density at radius 3 is 2.76 bits per heavy atom. The van der Waals surface area contributed by atoms with Crippen LogP contribution in [0.1, 0.15) is 12.5 Å². The van der Waals surface area contributed by atoms with Crippen LogP contribution in [0, 0.1) is 11.3 Å². The number of rotatable bonds is 4. The van der Waals surface area contributed by atoms with E-state index in [0.29, 0.717) is 28.6 Å². The summed E-state index contributed by atoms with van der Waals surface area (Å²) in [5, 5.41) is 13.6. The maximum absolute atomic E-state index is 12.0. The zero-order chi connectivity index (χ0) is 15.4. The third-order valence-electron chi connectivity index (χ3n) is 3.07. The molecule has 0 unspecified atom stereocenters. The minimum atomic E-state index is -0.234. The first-order valence-corrected chi connectivity index (χ1v) is 6.80. The predicted octanol–water partition coefficient (Wildman–Crippen LogP) is 2.66. The molecule has 0 aliphatic carbocycles. The molecule has 5 nitrogen and oxygen atoms in total. The smallest absolute Gasteiger partial charge is 0.271 e. The minimum Gasteiger partial charge on any atom is -0.495 e. The predicted molar refractivity (Wildman–Crippen MR) is 80.5 cm³/mol. The van der Waals surface area contributed by atoms with Crippen molar-refractivity contribution in [1.29, 1.82) is 5.26 Å². The Morgan fingerprint density at radius 1 is 1.43 bits per heavy atom. The molecular weight excluding hydrogens is 290 g/mol. The van der Waals surface area contributed by atoms with E-state index in [-0.39, 0.29) is 12.0 Å². The molecule has 0 saturated heterocycles. The monoisotopic (exact) mass is 303 g/mol. The number of ether oxygens (including phenoxy) is 1. The van der Waals surface area contributed by atoms with Crippen molar-refractivity contribution in [3.05, 3.63) is 45.2 Å². The Labute approximate surface area is 127 Å². The molecule has 0 fully saturated rings. The van der Waals surface area contributed by atoms with E-state index in [1.165, 1.54) is 4.68 Å². The van der Waals surface area contributed by atoms with E-state index in [0.717, 1.165) is 5.56 Å². The van der Waals surface area contributed by atoms with Gasteiger partial charge in [-0.15, -0.1) is 0 Å². The van der Waals surface area contributed by atoms with Crippen molar-refractivity contribution in [3.8, 4) is 23.1 Å². The van der Waals surface area contributed by atoms with Gasteiger partial charge in [0, 0.05) is 17.7 Å². The van der Waals surface area contributed by atoms with Gasteiger partial charge in [-0.25, -0.2) is 4.68 Å². The number of halogens is 1. The van der Waals surface area contributed by atoms with E-state index in [9.17, 15) is 4.79 Å². The fourth-order valence-electron chi connectivity index (χ4n) is 1.99. The summed E-state index contributed by atoms with van der Waals surface area (Å²) in [5.41, 5.74) is 1.56. The van der Waals surface area contributed by atoms with E-state index < -0.39 is 0 Å². The van der Waals surface area contributed by atoms with Crippen molar-refractivity contribution in [3.63, 3.8) is 0 Å². The highest BCUT2D eigenvalue weighted by molar-refractivity contribution is 6.32. The average molecular weight is 304 g/mol. The number of nitriles is 1. The van der Waals surface area contributed by atoms with Gasteiger partial charge in [-0.3, -0.25) is 4.79 Å². The molecule has 0 spiro atoms. The van der Waals surface area contributed by atoms with Gasteiger partial charge < -0.3 is 4.74 Å². The summed E-state index contributed by atoms with van der Waals surface area (Å²) in [6, 6.07) is 8.91. The molecule has 0 saturated carbocycles. The Hall–Kier alpha value is -2.32. The minimum absolute atomic E-state index is 0.0538. The molecule has 0 N–H and O–H groups in total. The first kappa shape index (κ1) is 15.1. The number of benzene rings is 1. The fraction of sp³-hybridized carbons (Fsp3) is 0.267. The molecule has 6 heteroatoms. The topological polar surface area (TPSA) is 67.9 Å². The van der Waals surface area contributed by atoms with Crippen LogP contribution in [-0.2, 0) is 13.0 Å². The number of methoxy groups -OCH3 is 1. The lowest BCUT2D eigenvalue weighted by molar-refractivity contribution is 0.415. The van der Waals surface area contributed by atoms with E-state index in [4.69, 9.17) is 21.6 Å². The van der Waals surface area contributed by atoms with Crippen LogP contribution in [0.3, 0.4) is 0 Å². The number of aryl methyl sites for hydroxylation is 1. The molecule has 1 heterocycles. The van der Waals surface area contributed by atoms with Crippen molar-refractivity contribution in [2.75, 3.05) is 7.11 Å². The van der Waals surface area contributed by atoms with E-state index >= 15 is 0 Å². The fourth-order valence-corrected chi connectivity index (χ4v) is 2.25. The summed E-state index contributed by atoms with van der Waals surface area (Å²) in [6.07, 6.45) is 0.0538. The molecule has 0 radical (unpaired) electrons. The van der Waals surface area contributed by atoms with Gasteiger partial charge in [-0.1, -0.05) is 11.6 Å². The first-order valence-electron chi connectivity index (χ1n) is 6.42. The van der Waals surface area contributed by atoms with Gasteiger partial charge >= 0.3 is 0 Å². The standard InChI is InChI=1S/C15H14ClN3O2/c1-3-19-15(20)11(6-7-17)9-13(18-19)10-4-5-14(21-2)12(16)8-10/h4-5,8-9H,3,6H2,1-2H3. The Morgan fingerprint density at radius 2 is 2.19 bits per heavy atom. The third-order valence-corrected chi connectivity index (χ3v) is 3.36. The molecule has 108 valence electrons. The van der Waals surface area contributed by atoms with Gasteiger partial charge in [-0.05, 0) is 31.2 Å². The zero-order valence-corrected chi connectivity index (χ0v) is 12.5. The summed E-state index contributed by atoms with van der Waals surface area (Å²) >= 11 is 6.11. The van der Waals surface area contributed by atoms with Gasteiger partial charge in [0.2, 0.25) is 0 Å². The van der Waals surface area contributed by atoms with E-state index in [1.54, 1.807) is 25.3 Å².